The number of aryl methyl sites for hydroxylation is 1. The molecule has 1 aromatic heterocycles. The first-order valence-corrected chi connectivity index (χ1v) is 11.3. The maximum absolute atomic E-state index is 12.6. The van der Waals surface area contributed by atoms with Crippen LogP contribution in [0.5, 0.6) is 0 Å². The van der Waals surface area contributed by atoms with Gasteiger partial charge in [-0.2, -0.15) is 5.26 Å². The average Bonchev–Trinajstić information content (AvgIpc) is 3.15. The van der Waals surface area contributed by atoms with E-state index in [1.165, 1.54) is 11.1 Å². The first-order valence-electron chi connectivity index (χ1n) is 10.2. The van der Waals surface area contributed by atoms with E-state index < -0.39 is 16.1 Å². The molecule has 0 aliphatic carbocycles. The molecule has 0 fully saturated rings. The molecule has 2 aromatic carbocycles. The number of fused-ring (bicyclic) bond motifs is 2. The summed E-state index contributed by atoms with van der Waals surface area (Å²) in [5.74, 6) is 0.570. The molecule has 7 heteroatoms. The number of hydrogen-bond donors (Lipinski definition) is 0. The largest absolute Gasteiger partial charge is 0.591 e. The molecule has 0 amide bonds. The molecule has 1 aliphatic rings. The van der Waals surface area contributed by atoms with Gasteiger partial charge in [-0.25, -0.2) is 9.97 Å². The van der Waals surface area contributed by atoms with Crippen LogP contribution in [-0.4, -0.2) is 25.0 Å². The Labute approximate surface area is 186 Å². The number of nitriles is 1. The molecule has 6 nitrogen and oxygen atoms in total. The van der Waals surface area contributed by atoms with E-state index in [0.29, 0.717) is 41.3 Å². The van der Waals surface area contributed by atoms with Gasteiger partial charge in [0.1, 0.15) is 27.7 Å². The summed E-state index contributed by atoms with van der Waals surface area (Å²) < 4.78 is 16.6. The van der Waals surface area contributed by atoms with Crippen LogP contribution in [0.25, 0.3) is 11.0 Å². The summed E-state index contributed by atoms with van der Waals surface area (Å²) in [4.78, 5) is 11.6. The van der Waals surface area contributed by atoms with Crippen LogP contribution in [0.15, 0.2) is 40.8 Å². The lowest BCUT2D eigenvalue weighted by molar-refractivity contribution is 0.561. The van der Waals surface area contributed by atoms with Gasteiger partial charge in [-0.1, -0.05) is 28.7 Å². The molecule has 0 N–H and O–H groups in total. The van der Waals surface area contributed by atoms with Gasteiger partial charge in [-0.05, 0) is 63.4 Å². The van der Waals surface area contributed by atoms with Gasteiger partial charge in [0.2, 0.25) is 0 Å². The van der Waals surface area contributed by atoms with Gasteiger partial charge in [0.15, 0.2) is 11.5 Å². The van der Waals surface area contributed by atoms with E-state index in [1.807, 2.05) is 58.9 Å². The van der Waals surface area contributed by atoms with Gasteiger partial charge in [-0.15, -0.1) is 0 Å². The van der Waals surface area contributed by atoms with Crippen molar-refractivity contribution in [1.29, 1.82) is 5.26 Å². The monoisotopic (exact) mass is 431 g/mol. The molecule has 0 saturated carbocycles. The SMILES string of the molecule is CC(=N[S+]([O-])C(C)(C)C)c1cc(C)cc2nc(C#N)c(N3Cc4ccccc4C3)nc12. The Bertz CT molecular complexity index is 1210. The van der Waals surface area contributed by atoms with Crippen LogP contribution in [0.4, 0.5) is 5.82 Å². The molecule has 1 atom stereocenters. The zero-order valence-corrected chi connectivity index (χ0v) is 19.2. The predicted molar refractivity (Wildman–Crippen MR) is 125 cm³/mol. The minimum atomic E-state index is -1.38. The van der Waals surface area contributed by atoms with Crippen molar-refractivity contribution in [2.45, 2.75) is 52.5 Å². The third-order valence-corrected chi connectivity index (χ3v) is 6.76. The summed E-state index contributed by atoms with van der Waals surface area (Å²) in [6, 6.07) is 14.4. The maximum Gasteiger partial charge on any atom is 0.183 e. The molecule has 0 saturated heterocycles. The number of anilines is 1. The fourth-order valence-corrected chi connectivity index (χ4v) is 4.28. The standard InChI is InChI=1S/C24H25N5OS/c1-15-10-19(16(2)28-31(30)24(3,4)5)22-20(11-15)26-21(12-25)23(27-22)29-13-17-8-6-7-9-18(17)14-29/h6-11H,13-14H2,1-5H3. The maximum atomic E-state index is 12.6. The number of nitrogens with zero attached hydrogens (tertiary/aromatic N) is 5. The molecule has 3 aromatic rings. The molecule has 0 bridgehead atoms. The van der Waals surface area contributed by atoms with Gasteiger partial charge in [0.25, 0.3) is 0 Å². The summed E-state index contributed by atoms with van der Waals surface area (Å²) in [7, 11) is 0. The third-order valence-electron chi connectivity index (χ3n) is 5.28. The van der Waals surface area contributed by atoms with Crippen molar-refractivity contribution < 1.29 is 4.55 Å². The minimum absolute atomic E-state index is 0.310. The first-order chi connectivity index (χ1) is 14.7. The Balaban J connectivity index is 1.85. The fraction of sp³-hybridized carbons (Fsp3) is 0.333. The summed E-state index contributed by atoms with van der Waals surface area (Å²) in [6.07, 6.45) is 0. The number of aromatic nitrogens is 2. The van der Waals surface area contributed by atoms with E-state index in [9.17, 15) is 9.81 Å². The van der Waals surface area contributed by atoms with E-state index in [2.05, 4.69) is 32.5 Å². The van der Waals surface area contributed by atoms with Crippen molar-refractivity contribution in [2.75, 3.05) is 4.90 Å². The lowest BCUT2D eigenvalue weighted by Crippen LogP contribution is -2.26. The Morgan fingerprint density at radius 1 is 1.16 bits per heavy atom. The van der Waals surface area contributed by atoms with Gasteiger partial charge in [0.05, 0.1) is 11.2 Å². The van der Waals surface area contributed by atoms with Crippen LogP contribution in [0.3, 0.4) is 0 Å². The highest BCUT2D eigenvalue weighted by atomic mass is 32.2. The summed E-state index contributed by atoms with van der Waals surface area (Å²) >= 11 is -1.38. The minimum Gasteiger partial charge on any atom is -0.591 e. The molecule has 1 unspecified atom stereocenters. The molecule has 31 heavy (non-hydrogen) atoms. The lowest BCUT2D eigenvalue weighted by atomic mass is 10.1. The molecule has 0 spiro atoms. The second kappa shape index (κ2) is 7.95. The Kier molecular flexibility index (Phi) is 5.46. The molecule has 0 radical (unpaired) electrons. The van der Waals surface area contributed by atoms with E-state index in [4.69, 9.17) is 4.98 Å². The third kappa shape index (κ3) is 4.14. The highest BCUT2D eigenvalue weighted by Crippen LogP contribution is 2.31. The van der Waals surface area contributed by atoms with E-state index in [0.717, 1.165) is 11.1 Å². The zero-order chi connectivity index (χ0) is 22.3. The van der Waals surface area contributed by atoms with E-state index >= 15 is 0 Å². The second-order valence-corrected chi connectivity index (χ2v) is 10.8. The van der Waals surface area contributed by atoms with Crippen molar-refractivity contribution in [2.24, 2.45) is 4.40 Å². The van der Waals surface area contributed by atoms with E-state index in [-0.39, 0.29) is 0 Å². The predicted octanol–water partition coefficient (Wildman–Crippen LogP) is 4.60. The van der Waals surface area contributed by atoms with Crippen LogP contribution in [0.1, 0.15) is 55.6 Å². The molecular weight excluding hydrogens is 406 g/mol. The average molecular weight is 432 g/mol. The fourth-order valence-electron chi connectivity index (χ4n) is 3.66. The van der Waals surface area contributed by atoms with Crippen LogP contribution < -0.4 is 4.90 Å². The van der Waals surface area contributed by atoms with Crippen molar-refractivity contribution >= 4 is 33.9 Å². The summed E-state index contributed by atoms with van der Waals surface area (Å²) in [5, 5.41) is 9.77. The van der Waals surface area contributed by atoms with Gasteiger partial charge < -0.3 is 9.45 Å². The molecule has 158 valence electrons. The molecule has 1 aliphatic heterocycles. The van der Waals surface area contributed by atoms with E-state index in [1.54, 1.807) is 0 Å². The van der Waals surface area contributed by atoms with Gasteiger partial charge >= 0.3 is 0 Å². The van der Waals surface area contributed by atoms with Gasteiger partial charge in [0, 0.05) is 18.7 Å². The van der Waals surface area contributed by atoms with Gasteiger partial charge in [-0.3, -0.25) is 0 Å². The summed E-state index contributed by atoms with van der Waals surface area (Å²) in [5.41, 5.74) is 6.51. The number of hydrogen-bond acceptors (Lipinski definition) is 6. The topological polar surface area (TPSA) is 88.2 Å². The summed E-state index contributed by atoms with van der Waals surface area (Å²) in [6.45, 7) is 10.9. The lowest BCUT2D eigenvalue weighted by Gasteiger charge is -2.20. The zero-order valence-electron chi connectivity index (χ0n) is 18.4. The van der Waals surface area contributed by atoms with Crippen molar-refractivity contribution in [1.82, 2.24) is 9.97 Å². The highest BCUT2D eigenvalue weighted by Gasteiger charge is 2.28. The van der Waals surface area contributed by atoms with Crippen LogP contribution >= 0.6 is 0 Å². The molecular formula is C24H25N5OS. The van der Waals surface area contributed by atoms with Crippen molar-refractivity contribution in [3.8, 4) is 6.07 Å². The van der Waals surface area contributed by atoms with Crippen LogP contribution in [0.2, 0.25) is 0 Å². The normalized spacial score (nSPS) is 15.1. The first kappa shape index (κ1) is 21.3. The van der Waals surface area contributed by atoms with Crippen LogP contribution in [-0.2, 0) is 24.5 Å². The number of benzene rings is 2. The Hall–Kier alpha value is -2.95. The Morgan fingerprint density at radius 2 is 1.81 bits per heavy atom. The van der Waals surface area contributed by atoms with Crippen molar-refractivity contribution in [3.05, 3.63) is 64.3 Å². The highest BCUT2D eigenvalue weighted by molar-refractivity contribution is 7.91. The second-order valence-electron chi connectivity index (χ2n) is 8.85. The molecule has 4 rings (SSSR count). The Morgan fingerprint density at radius 3 is 2.39 bits per heavy atom. The smallest absolute Gasteiger partial charge is 0.183 e. The quantitative estimate of drug-likeness (QED) is 0.447. The van der Waals surface area contributed by atoms with Crippen LogP contribution in [0, 0.1) is 18.3 Å². The molecule has 2 heterocycles. The number of rotatable bonds is 3. The van der Waals surface area contributed by atoms with Crippen molar-refractivity contribution in [3.63, 3.8) is 0 Å².